The second kappa shape index (κ2) is 6.74. The summed E-state index contributed by atoms with van der Waals surface area (Å²) >= 11 is 0. The monoisotopic (exact) mass is 376 g/mol. The minimum atomic E-state index is -0.758. The number of benzene rings is 2. The van der Waals surface area contributed by atoms with Gasteiger partial charge in [-0.15, -0.1) is 0 Å². The summed E-state index contributed by atoms with van der Waals surface area (Å²) in [5, 5.41) is 0. The minimum absolute atomic E-state index is 0.0311. The molecule has 1 spiro atoms. The average molecular weight is 376 g/mol. The summed E-state index contributed by atoms with van der Waals surface area (Å²) in [6.45, 7) is 1.10. The van der Waals surface area contributed by atoms with Crippen LogP contribution in [0.4, 0.5) is 0 Å². The Balaban J connectivity index is 1.31. The maximum Gasteiger partial charge on any atom is 0.257 e. The molecule has 2 aromatic carbocycles. The molecule has 0 radical (unpaired) electrons. The van der Waals surface area contributed by atoms with Crippen LogP contribution in [-0.2, 0) is 9.53 Å². The molecular formula is C23H24N2O3. The summed E-state index contributed by atoms with van der Waals surface area (Å²) in [6.07, 6.45) is 2.82. The van der Waals surface area contributed by atoms with Gasteiger partial charge in [0.05, 0.1) is 6.04 Å². The molecule has 2 aromatic rings. The highest BCUT2D eigenvalue weighted by molar-refractivity contribution is 5.95. The third-order valence-electron chi connectivity index (χ3n) is 6.38. The van der Waals surface area contributed by atoms with E-state index in [1.54, 1.807) is 0 Å². The van der Waals surface area contributed by atoms with E-state index in [0.29, 0.717) is 31.5 Å². The standard InChI is InChI=1S/C23H24N2O3/c26-21(18-9-5-2-6-10-18)24-15-13-23(14-16-24)22(27)25-19(11-12-20(25)28-23)17-7-3-1-4-8-17/h1-10,19-20H,11-16H2/t19-,20+/m0/s1. The number of hydrogen-bond donors (Lipinski definition) is 0. The maximum atomic E-state index is 13.4. The van der Waals surface area contributed by atoms with Gasteiger partial charge in [-0.05, 0) is 30.5 Å². The Morgan fingerprint density at radius 1 is 0.929 bits per heavy atom. The maximum absolute atomic E-state index is 13.4. The zero-order valence-electron chi connectivity index (χ0n) is 15.8. The lowest BCUT2D eigenvalue weighted by Gasteiger charge is -2.37. The molecule has 5 rings (SSSR count). The van der Waals surface area contributed by atoms with Gasteiger partial charge in [-0.1, -0.05) is 48.5 Å². The first-order chi connectivity index (χ1) is 13.7. The van der Waals surface area contributed by atoms with Crippen LogP contribution in [0.5, 0.6) is 0 Å². The van der Waals surface area contributed by atoms with Gasteiger partial charge in [0.15, 0.2) is 5.60 Å². The van der Waals surface area contributed by atoms with Crippen molar-refractivity contribution < 1.29 is 14.3 Å². The molecule has 0 bridgehead atoms. The molecule has 0 aliphatic carbocycles. The fraction of sp³-hybridized carbons (Fsp3) is 0.391. The van der Waals surface area contributed by atoms with Crippen LogP contribution in [0.25, 0.3) is 0 Å². The van der Waals surface area contributed by atoms with Gasteiger partial charge in [-0.25, -0.2) is 0 Å². The molecule has 5 nitrogen and oxygen atoms in total. The van der Waals surface area contributed by atoms with E-state index in [-0.39, 0.29) is 24.1 Å². The number of rotatable bonds is 2. The van der Waals surface area contributed by atoms with Crippen molar-refractivity contribution in [3.05, 3.63) is 71.8 Å². The van der Waals surface area contributed by atoms with Gasteiger partial charge in [-0.3, -0.25) is 9.59 Å². The van der Waals surface area contributed by atoms with Gasteiger partial charge in [0.25, 0.3) is 11.8 Å². The highest BCUT2D eigenvalue weighted by atomic mass is 16.6. The van der Waals surface area contributed by atoms with Crippen molar-refractivity contribution in [2.24, 2.45) is 0 Å². The van der Waals surface area contributed by atoms with Gasteiger partial charge < -0.3 is 14.5 Å². The molecule has 3 aliphatic heterocycles. The summed E-state index contributed by atoms with van der Waals surface area (Å²) in [5.41, 5.74) is 1.11. The van der Waals surface area contributed by atoms with E-state index in [1.807, 2.05) is 58.3 Å². The predicted molar refractivity (Wildman–Crippen MR) is 104 cm³/mol. The average Bonchev–Trinajstić information content (AvgIpc) is 3.28. The van der Waals surface area contributed by atoms with Gasteiger partial charge in [0.1, 0.15) is 6.23 Å². The number of likely N-dealkylation sites (tertiary alicyclic amines) is 1. The topological polar surface area (TPSA) is 49.9 Å². The lowest BCUT2D eigenvalue weighted by atomic mass is 9.89. The molecule has 3 heterocycles. The number of nitrogens with zero attached hydrogens (tertiary/aromatic N) is 2. The molecule has 2 amide bonds. The molecule has 2 atom stereocenters. The number of ether oxygens (including phenoxy) is 1. The number of carbonyl (C=O) groups is 2. The van der Waals surface area contributed by atoms with E-state index in [2.05, 4.69) is 12.1 Å². The molecule has 3 saturated heterocycles. The van der Waals surface area contributed by atoms with Crippen LogP contribution in [-0.4, -0.2) is 46.5 Å². The van der Waals surface area contributed by atoms with Crippen molar-refractivity contribution in [2.75, 3.05) is 13.1 Å². The molecule has 28 heavy (non-hydrogen) atoms. The first-order valence-electron chi connectivity index (χ1n) is 10.1. The third-order valence-corrected chi connectivity index (χ3v) is 6.38. The second-order valence-electron chi connectivity index (χ2n) is 7.94. The number of amides is 2. The second-order valence-corrected chi connectivity index (χ2v) is 7.94. The Kier molecular flexibility index (Phi) is 4.20. The number of carbonyl (C=O) groups excluding carboxylic acids is 2. The molecule has 3 fully saturated rings. The molecule has 0 N–H and O–H groups in total. The van der Waals surface area contributed by atoms with E-state index in [9.17, 15) is 9.59 Å². The van der Waals surface area contributed by atoms with Crippen LogP contribution in [0.1, 0.15) is 47.6 Å². The van der Waals surface area contributed by atoms with E-state index < -0.39 is 5.60 Å². The van der Waals surface area contributed by atoms with Crippen LogP contribution in [0.3, 0.4) is 0 Å². The van der Waals surface area contributed by atoms with Crippen LogP contribution in [0.15, 0.2) is 60.7 Å². The Hall–Kier alpha value is -2.66. The number of piperidine rings is 1. The number of fused-ring (bicyclic) bond motifs is 1. The van der Waals surface area contributed by atoms with Crippen LogP contribution < -0.4 is 0 Å². The smallest absolute Gasteiger partial charge is 0.257 e. The summed E-state index contributed by atoms with van der Waals surface area (Å²) in [7, 11) is 0. The fourth-order valence-corrected chi connectivity index (χ4v) is 4.88. The van der Waals surface area contributed by atoms with Crippen LogP contribution >= 0.6 is 0 Å². The lowest BCUT2D eigenvalue weighted by molar-refractivity contribution is -0.142. The zero-order valence-corrected chi connectivity index (χ0v) is 15.8. The van der Waals surface area contributed by atoms with Crippen molar-refractivity contribution in [3.8, 4) is 0 Å². The molecule has 0 saturated carbocycles. The first-order valence-corrected chi connectivity index (χ1v) is 10.1. The van der Waals surface area contributed by atoms with Crippen LogP contribution in [0.2, 0.25) is 0 Å². The first kappa shape index (κ1) is 17.4. The van der Waals surface area contributed by atoms with Gasteiger partial charge in [-0.2, -0.15) is 0 Å². The molecule has 3 aliphatic rings. The molecule has 0 aromatic heterocycles. The lowest BCUT2D eigenvalue weighted by Crippen LogP contribution is -2.51. The summed E-state index contributed by atoms with van der Waals surface area (Å²) in [4.78, 5) is 29.9. The predicted octanol–water partition coefficient (Wildman–Crippen LogP) is 3.38. The Morgan fingerprint density at radius 2 is 1.57 bits per heavy atom. The van der Waals surface area contributed by atoms with E-state index in [0.717, 1.165) is 12.8 Å². The van der Waals surface area contributed by atoms with Gasteiger partial charge in [0, 0.05) is 31.5 Å². The minimum Gasteiger partial charge on any atom is -0.342 e. The van der Waals surface area contributed by atoms with Gasteiger partial charge >= 0.3 is 0 Å². The van der Waals surface area contributed by atoms with Crippen molar-refractivity contribution in [1.82, 2.24) is 9.80 Å². The zero-order chi connectivity index (χ0) is 19.1. The van der Waals surface area contributed by atoms with Crippen molar-refractivity contribution in [2.45, 2.75) is 43.6 Å². The van der Waals surface area contributed by atoms with Gasteiger partial charge in [0.2, 0.25) is 0 Å². The summed E-state index contributed by atoms with van der Waals surface area (Å²) in [5.74, 6) is 0.138. The third kappa shape index (κ3) is 2.73. The van der Waals surface area contributed by atoms with Crippen molar-refractivity contribution >= 4 is 11.8 Å². The van der Waals surface area contributed by atoms with Crippen molar-refractivity contribution in [1.29, 1.82) is 0 Å². The Morgan fingerprint density at radius 3 is 2.25 bits per heavy atom. The summed E-state index contributed by atoms with van der Waals surface area (Å²) in [6, 6.07) is 19.7. The largest absolute Gasteiger partial charge is 0.342 e. The quantitative estimate of drug-likeness (QED) is 0.807. The molecular weight excluding hydrogens is 352 g/mol. The Labute approximate surface area is 164 Å². The highest BCUT2D eigenvalue weighted by Gasteiger charge is 2.58. The molecule has 5 heteroatoms. The highest BCUT2D eigenvalue weighted by Crippen LogP contribution is 2.47. The SMILES string of the molecule is O=C(c1ccccc1)N1CCC2(CC1)O[C@@H]1CC[C@@H](c3ccccc3)N1C2=O. The molecule has 0 unspecified atom stereocenters. The van der Waals surface area contributed by atoms with Crippen LogP contribution in [0, 0.1) is 0 Å². The van der Waals surface area contributed by atoms with Crippen molar-refractivity contribution in [3.63, 3.8) is 0 Å². The van der Waals surface area contributed by atoms with E-state index in [1.165, 1.54) is 5.56 Å². The van der Waals surface area contributed by atoms with E-state index >= 15 is 0 Å². The Bertz CT molecular complexity index is 875. The fourth-order valence-electron chi connectivity index (χ4n) is 4.88. The van der Waals surface area contributed by atoms with E-state index in [4.69, 9.17) is 4.74 Å². The molecule has 144 valence electrons. The number of hydrogen-bond acceptors (Lipinski definition) is 3. The summed E-state index contributed by atoms with van der Waals surface area (Å²) < 4.78 is 6.35. The normalized spacial score (nSPS) is 25.9.